The second-order valence-electron chi connectivity index (χ2n) is 5.32. The first-order valence-corrected chi connectivity index (χ1v) is 7.13. The van der Waals surface area contributed by atoms with E-state index in [2.05, 4.69) is 5.23 Å². The molecule has 0 saturated heterocycles. The first kappa shape index (κ1) is 15.2. The molecular weight excluding hydrogens is 227 g/mol. The van der Waals surface area contributed by atoms with Gasteiger partial charge in [-0.05, 0) is 32.6 Å². The normalized spacial score (nSPS) is 26.1. The molecule has 1 saturated carbocycles. The molecule has 0 atom stereocenters. The number of nitrogens with two attached hydrogens (primary N) is 1. The molecule has 4 nitrogen and oxygen atoms in total. The van der Waals surface area contributed by atoms with E-state index >= 15 is 0 Å². The van der Waals surface area contributed by atoms with E-state index < -0.39 is 0 Å². The van der Waals surface area contributed by atoms with Crippen LogP contribution in [0.5, 0.6) is 0 Å². The zero-order valence-electron chi connectivity index (χ0n) is 11.4. The summed E-state index contributed by atoms with van der Waals surface area (Å²) in [4.78, 5) is 23.2. The van der Waals surface area contributed by atoms with Crippen LogP contribution in [0.25, 0.3) is 0 Å². The van der Waals surface area contributed by atoms with Crippen molar-refractivity contribution in [3.05, 3.63) is 0 Å². The lowest BCUT2D eigenvalue weighted by atomic mass is 9.86. The Morgan fingerprint density at radius 3 is 1.83 bits per heavy atom. The number of ketones is 1. The molecule has 1 aliphatic carbocycles. The van der Waals surface area contributed by atoms with Crippen molar-refractivity contribution in [2.75, 3.05) is 0 Å². The first-order valence-electron chi connectivity index (χ1n) is 7.13. The summed E-state index contributed by atoms with van der Waals surface area (Å²) in [6, 6.07) is 0. The fourth-order valence-electron chi connectivity index (χ4n) is 2.77. The number of hydrogen-bond donors (Lipinski definition) is 2. The molecule has 0 aliphatic heterocycles. The summed E-state index contributed by atoms with van der Waals surface area (Å²) in [6.07, 6.45) is 8.00. The number of nitrogens with one attached hydrogen (secondary N) is 1. The highest BCUT2D eigenvalue weighted by Gasteiger charge is 2.20. The molecule has 5 heteroatoms. The average Bonchev–Trinajstić information content (AvgIpc) is 2.35. The summed E-state index contributed by atoms with van der Waals surface area (Å²) >= 11 is 0. The van der Waals surface area contributed by atoms with Crippen molar-refractivity contribution in [3.63, 3.8) is 0 Å². The van der Waals surface area contributed by atoms with Crippen LogP contribution in [0.3, 0.4) is 0 Å². The van der Waals surface area contributed by atoms with Crippen LogP contribution in [0.15, 0.2) is 0 Å². The Hall–Kier alpha value is -0.835. The molecule has 3 N–H and O–H groups in total. The van der Waals surface area contributed by atoms with Crippen molar-refractivity contribution < 1.29 is 9.59 Å². The third-order valence-electron chi connectivity index (χ3n) is 3.93. The molecule has 0 bridgehead atoms. The number of rotatable bonds is 3. The van der Waals surface area contributed by atoms with Gasteiger partial charge in [-0.1, -0.05) is 25.7 Å². The first-order chi connectivity index (χ1) is 8.65. The van der Waals surface area contributed by atoms with Crippen LogP contribution in [0, 0.1) is 11.8 Å². The maximum absolute atomic E-state index is 11.8. The minimum atomic E-state index is 0.0983. The standard InChI is InChI=1S/C13H25BN2O2/c1-10(17)11-6-2-4-8-12(9-5-3-7-11)13(18)16-14-15/h11-12,14H,2-9,15H2,1H3,(H,16,18). The number of amides is 1. The second-order valence-corrected chi connectivity index (χ2v) is 5.32. The molecular formula is C13H25BN2O2. The van der Waals surface area contributed by atoms with Crippen LogP contribution >= 0.6 is 0 Å². The van der Waals surface area contributed by atoms with Crippen LogP contribution < -0.4 is 10.9 Å². The molecule has 0 unspecified atom stereocenters. The molecule has 1 amide bonds. The van der Waals surface area contributed by atoms with E-state index in [1.807, 2.05) is 0 Å². The average molecular weight is 252 g/mol. The van der Waals surface area contributed by atoms with E-state index in [-0.39, 0.29) is 25.3 Å². The van der Waals surface area contributed by atoms with Gasteiger partial charge in [-0.3, -0.25) is 9.59 Å². The highest BCUT2D eigenvalue weighted by Crippen LogP contribution is 2.25. The topological polar surface area (TPSA) is 72.2 Å². The molecule has 0 aromatic carbocycles. The molecule has 0 radical (unpaired) electrons. The minimum absolute atomic E-state index is 0.0983. The molecule has 0 spiro atoms. The van der Waals surface area contributed by atoms with Crippen molar-refractivity contribution in [2.24, 2.45) is 17.5 Å². The lowest BCUT2D eigenvalue weighted by molar-refractivity contribution is -0.124. The van der Waals surface area contributed by atoms with Gasteiger partial charge >= 0.3 is 7.55 Å². The van der Waals surface area contributed by atoms with E-state index in [1.165, 1.54) is 0 Å². The quantitative estimate of drug-likeness (QED) is 0.743. The zero-order chi connectivity index (χ0) is 13.4. The van der Waals surface area contributed by atoms with Crippen LogP contribution in [0.4, 0.5) is 0 Å². The fraction of sp³-hybridized carbons (Fsp3) is 0.846. The van der Waals surface area contributed by atoms with Crippen molar-refractivity contribution in [1.29, 1.82) is 0 Å². The van der Waals surface area contributed by atoms with E-state index in [0.29, 0.717) is 5.78 Å². The van der Waals surface area contributed by atoms with Gasteiger partial charge in [0.1, 0.15) is 5.78 Å². The van der Waals surface area contributed by atoms with Crippen LogP contribution in [-0.2, 0) is 9.59 Å². The number of carbonyl (C=O) groups excluding carboxylic acids is 2. The molecule has 1 rings (SSSR count). The molecule has 0 aromatic rings. The molecule has 0 aromatic heterocycles. The Morgan fingerprint density at radius 2 is 1.44 bits per heavy atom. The summed E-state index contributed by atoms with van der Waals surface area (Å²) in [6.45, 7) is 1.70. The molecule has 0 heterocycles. The third-order valence-corrected chi connectivity index (χ3v) is 3.93. The number of Topliss-reactive ketones (excluding diaryl/α,β-unsaturated/α-hetero) is 1. The van der Waals surface area contributed by atoms with Gasteiger partial charge < -0.3 is 10.9 Å². The number of carbonyl (C=O) groups is 2. The minimum Gasteiger partial charge on any atom is -0.388 e. The molecule has 1 aliphatic rings. The van der Waals surface area contributed by atoms with Gasteiger partial charge in [-0.2, -0.15) is 0 Å². The van der Waals surface area contributed by atoms with Crippen molar-refractivity contribution in [1.82, 2.24) is 5.23 Å². The van der Waals surface area contributed by atoms with Gasteiger partial charge in [0.25, 0.3) is 0 Å². The van der Waals surface area contributed by atoms with Crippen LogP contribution in [-0.4, -0.2) is 19.2 Å². The van der Waals surface area contributed by atoms with Gasteiger partial charge in [0.2, 0.25) is 5.91 Å². The lowest BCUT2D eigenvalue weighted by Crippen LogP contribution is -2.37. The van der Waals surface area contributed by atoms with Crippen molar-refractivity contribution in [2.45, 2.75) is 58.3 Å². The van der Waals surface area contributed by atoms with Gasteiger partial charge in [0.05, 0.1) is 0 Å². The van der Waals surface area contributed by atoms with E-state index in [9.17, 15) is 9.59 Å². The Kier molecular flexibility index (Phi) is 7.02. The fourth-order valence-corrected chi connectivity index (χ4v) is 2.77. The summed E-state index contributed by atoms with van der Waals surface area (Å²) in [5.74, 6) is 0.788. The van der Waals surface area contributed by atoms with Crippen molar-refractivity contribution >= 4 is 19.2 Å². The van der Waals surface area contributed by atoms with E-state index in [1.54, 1.807) is 6.92 Å². The molecule has 18 heavy (non-hydrogen) atoms. The monoisotopic (exact) mass is 252 g/mol. The highest BCUT2D eigenvalue weighted by atomic mass is 16.1. The maximum atomic E-state index is 11.8. The van der Waals surface area contributed by atoms with E-state index in [4.69, 9.17) is 5.64 Å². The third kappa shape index (κ3) is 5.21. The van der Waals surface area contributed by atoms with Crippen LogP contribution in [0.2, 0.25) is 0 Å². The summed E-state index contributed by atoms with van der Waals surface area (Å²) in [5, 5.41) is 2.71. The predicted molar refractivity (Wildman–Crippen MR) is 74.1 cm³/mol. The molecule has 1 fully saturated rings. The Bertz CT molecular complexity index is 272. The Labute approximate surface area is 110 Å². The van der Waals surface area contributed by atoms with Gasteiger partial charge in [0.15, 0.2) is 0 Å². The smallest absolute Gasteiger partial charge is 0.318 e. The summed E-state index contributed by atoms with van der Waals surface area (Å²) < 4.78 is 0. The van der Waals surface area contributed by atoms with Crippen LogP contribution in [0.1, 0.15) is 58.3 Å². The second kappa shape index (κ2) is 8.30. The van der Waals surface area contributed by atoms with Gasteiger partial charge in [0, 0.05) is 11.8 Å². The molecule has 102 valence electrons. The lowest BCUT2D eigenvalue weighted by Gasteiger charge is -2.20. The SMILES string of the molecule is CC(=O)C1CCCCC(C(=O)NBN)CCCC1. The highest BCUT2D eigenvalue weighted by molar-refractivity contribution is 6.33. The maximum Gasteiger partial charge on any atom is 0.318 e. The van der Waals surface area contributed by atoms with Crippen molar-refractivity contribution in [3.8, 4) is 0 Å². The van der Waals surface area contributed by atoms with E-state index in [0.717, 1.165) is 51.4 Å². The largest absolute Gasteiger partial charge is 0.388 e. The predicted octanol–water partition coefficient (Wildman–Crippen LogP) is 1.28. The zero-order valence-corrected chi connectivity index (χ0v) is 11.4. The summed E-state index contributed by atoms with van der Waals surface area (Å²) in [7, 11) is 0.224. The number of hydrogen-bond acceptors (Lipinski definition) is 3. The van der Waals surface area contributed by atoms with Gasteiger partial charge in [-0.15, -0.1) is 0 Å². The Balaban J connectivity index is 2.43. The summed E-state index contributed by atoms with van der Waals surface area (Å²) in [5.41, 5.74) is 5.34. The van der Waals surface area contributed by atoms with Gasteiger partial charge in [-0.25, -0.2) is 0 Å². The Morgan fingerprint density at radius 1 is 1.00 bits per heavy atom.